The van der Waals surface area contributed by atoms with Crippen molar-refractivity contribution in [2.75, 3.05) is 5.32 Å². The Morgan fingerprint density at radius 2 is 2.17 bits per heavy atom. The molecule has 0 spiro atoms. The number of anilines is 1. The van der Waals surface area contributed by atoms with Gasteiger partial charge < -0.3 is 10.4 Å². The van der Waals surface area contributed by atoms with E-state index >= 15 is 0 Å². The van der Waals surface area contributed by atoms with Crippen molar-refractivity contribution in [3.8, 4) is 0 Å². The van der Waals surface area contributed by atoms with Gasteiger partial charge in [-0.1, -0.05) is 19.3 Å². The van der Waals surface area contributed by atoms with Crippen LogP contribution in [0.4, 0.5) is 5.82 Å². The van der Waals surface area contributed by atoms with Crippen molar-refractivity contribution >= 4 is 11.5 Å². The first-order valence-electron chi connectivity index (χ1n) is 6.43. The summed E-state index contributed by atoms with van der Waals surface area (Å²) in [5.41, 5.74) is 0.703. The lowest BCUT2D eigenvalue weighted by molar-refractivity contribution is 0.144. The van der Waals surface area contributed by atoms with Gasteiger partial charge in [-0.05, 0) is 12.8 Å². The summed E-state index contributed by atoms with van der Waals surface area (Å²) < 4.78 is 1.82. The molecule has 2 N–H and O–H groups in total. The number of rotatable bonds is 2. The highest BCUT2D eigenvalue weighted by molar-refractivity contribution is 5.61. The Morgan fingerprint density at radius 3 is 3.11 bits per heavy atom. The molecular formula is C12H17N5O. The van der Waals surface area contributed by atoms with Gasteiger partial charge in [0.25, 0.3) is 0 Å². The molecule has 96 valence electrons. The molecule has 0 radical (unpaired) electrons. The van der Waals surface area contributed by atoms with Crippen molar-refractivity contribution in [1.82, 2.24) is 19.6 Å². The zero-order valence-electron chi connectivity index (χ0n) is 10.2. The van der Waals surface area contributed by atoms with Crippen LogP contribution < -0.4 is 5.32 Å². The van der Waals surface area contributed by atoms with Gasteiger partial charge in [-0.3, -0.25) is 4.40 Å². The third-order valence-electron chi connectivity index (χ3n) is 3.52. The van der Waals surface area contributed by atoms with Crippen molar-refractivity contribution in [1.29, 1.82) is 0 Å². The Balaban J connectivity index is 1.84. The molecular weight excluding hydrogens is 230 g/mol. The smallest absolute Gasteiger partial charge is 0.203 e. The second-order valence-electron chi connectivity index (χ2n) is 4.79. The number of hydrogen-bond acceptors (Lipinski definition) is 5. The number of hydrogen-bond donors (Lipinski definition) is 2. The van der Waals surface area contributed by atoms with Crippen LogP contribution in [0, 0.1) is 0 Å². The average molecular weight is 247 g/mol. The lowest BCUT2D eigenvalue weighted by Gasteiger charge is -2.22. The third kappa shape index (κ3) is 2.15. The molecule has 3 rings (SSSR count). The van der Waals surface area contributed by atoms with E-state index in [1.165, 1.54) is 6.42 Å². The maximum atomic E-state index is 10.1. The maximum absolute atomic E-state index is 10.1. The summed E-state index contributed by atoms with van der Waals surface area (Å²) in [5, 5.41) is 21.3. The fraction of sp³-hybridized carbons (Fsp3) is 0.583. The molecule has 2 unspecified atom stereocenters. The molecule has 1 aliphatic rings. The fourth-order valence-electron chi connectivity index (χ4n) is 2.49. The largest absolute Gasteiger partial charge is 0.391 e. The highest BCUT2D eigenvalue weighted by Crippen LogP contribution is 2.22. The van der Waals surface area contributed by atoms with E-state index in [0.717, 1.165) is 25.7 Å². The van der Waals surface area contributed by atoms with E-state index < -0.39 is 0 Å². The zero-order valence-corrected chi connectivity index (χ0v) is 10.2. The zero-order chi connectivity index (χ0) is 12.4. The quantitative estimate of drug-likeness (QED) is 0.781. The highest BCUT2D eigenvalue weighted by atomic mass is 16.3. The SMILES string of the molecule is OC1CCCCCC1Nc1nccn2cnnc12. The summed E-state index contributed by atoms with van der Waals surface area (Å²) in [6.07, 6.45) is 10.1. The normalized spacial score (nSPS) is 24.9. The van der Waals surface area contributed by atoms with Crippen LogP contribution in [0.2, 0.25) is 0 Å². The topological polar surface area (TPSA) is 75.3 Å². The molecule has 0 saturated heterocycles. The molecule has 0 bridgehead atoms. The second-order valence-corrected chi connectivity index (χ2v) is 4.79. The molecule has 0 aromatic carbocycles. The van der Waals surface area contributed by atoms with Gasteiger partial charge in [0, 0.05) is 12.4 Å². The van der Waals surface area contributed by atoms with Crippen molar-refractivity contribution in [2.24, 2.45) is 0 Å². The van der Waals surface area contributed by atoms with Gasteiger partial charge in [0.15, 0.2) is 5.82 Å². The van der Waals surface area contributed by atoms with Gasteiger partial charge in [-0.15, -0.1) is 10.2 Å². The van der Waals surface area contributed by atoms with Crippen LogP contribution >= 0.6 is 0 Å². The molecule has 1 saturated carbocycles. The number of fused-ring (bicyclic) bond motifs is 1. The Labute approximate surface area is 105 Å². The first-order valence-corrected chi connectivity index (χ1v) is 6.43. The van der Waals surface area contributed by atoms with Crippen LogP contribution in [-0.4, -0.2) is 36.8 Å². The molecule has 1 fully saturated rings. The van der Waals surface area contributed by atoms with Crippen LogP contribution in [0.3, 0.4) is 0 Å². The van der Waals surface area contributed by atoms with Gasteiger partial charge in [-0.25, -0.2) is 4.98 Å². The van der Waals surface area contributed by atoms with Crippen molar-refractivity contribution in [3.63, 3.8) is 0 Å². The summed E-state index contributed by atoms with van der Waals surface area (Å²) in [7, 11) is 0. The van der Waals surface area contributed by atoms with Gasteiger partial charge in [0.1, 0.15) is 6.33 Å². The van der Waals surface area contributed by atoms with Gasteiger partial charge >= 0.3 is 0 Å². The standard InChI is InChI=1S/C12H17N5O/c18-10-5-3-1-2-4-9(10)15-11-12-16-14-8-17(12)7-6-13-11/h6-10,18H,1-5H2,(H,13,15). The van der Waals surface area contributed by atoms with E-state index in [0.29, 0.717) is 11.5 Å². The van der Waals surface area contributed by atoms with Crippen LogP contribution in [0.5, 0.6) is 0 Å². The minimum absolute atomic E-state index is 0.0582. The number of nitrogens with one attached hydrogen (secondary N) is 1. The molecule has 2 atom stereocenters. The first kappa shape index (κ1) is 11.4. The summed E-state index contributed by atoms with van der Waals surface area (Å²) in [6, 6.07) is 0.0582. The first-order chi connectivity index (χ1) is 8.84. The predicted octanol–water partition coefficient (Wildman–Crippen LogP) is 1.23. The van der Waals surface area contributed by atoms with Gasteiger partial charge in [0.2, 0.25) is 5.65 Å². The lowest BCUT2D eigenvalue weighted by atomic mass is 10.1. The molecule has 2 aromatic heterocycles. The fourth-order valence-corrected chi connectivity index (χ4v) is 2.49. The van der Waals surface area contributed by atoms with Crippen molar-refractivity contribution in [3.05, 3.63) is 18.7 Å². The van der Waals surface area contributed by atoms with Gasteiger partial charge in [-0.2, -0.15) is 0 Å². The number of aliphatic hydroxyl groups excluding tert-OH is 1. The summed E-state index contributed by atoms with van der Waals surface area (Å²) in [5.74, 6) is 0.695. The van der Waals surface area contributed by atoms with Gasteiger partial charge in [0.05, 0.1) is 12.1 Å². The van der Waals surface area contributed by atoms with E-state index in [4.69, 9.17) is 0 Å². The lowest BCUT2D eigenvalue weighted by Crippen LogP contribution is -2.33. The molecule has 2 heterocycles. The van der Waals surface area contributed by atoms with E-state index in [2.05, 4.69) is 20.5 Å². The van der Waals surface area contributed by atoms with Crippen LogP contribution in [0.15, 0.2) is 18.7 Å². The van der Waals surface area contributed by atoms with E-state index in [-0.39, 0.29) is 12.1 Å². The van der Waals surface area contributed by atoms with Crippen LogP contribution in [-0.2, 0) is 0 Å². The molecule has 6 heteroatoms. The monoisotopic (exact) mass is 247 g/mol. The third-order valence-corrected chi connectivity index (χ3v) is 3.52. The average Bonchev–Trinajstić information content (AvgIpc) is 2.77. The summed E-state index contributed by atoms with van der Waals surface area (Å²) in [6.45, 7) is 0. The molecule has 0 amide bonds. The van der Waals surface area contributed by atoms with E-state index in [1.807, 2.05) is 10.6 Å². The number of nitrogens with zero attached hydrogens (tertiary/aromatic N) is 4. The summed E-state index contributed by atoms with van der Waals surface area (Å²) >= 11 is 0. The second kappa shape index (κ2) is 4.89. The number of aromatic nitrogens is 4. The van der Waals surface area contributed by atoms with Crippen LogP contribution in [0.1, 0.15) is 32.1 Å². The van der Waals surface area contributed by atoms with Crippen molar-refractivity contribution in [2.45, 2.75) is 44.2 Å². The van der Waals surface area contributed by atoms with E-state index in [9.17, 15) is 5.11 Å². The minimum Gasteiger partial charge on any atom is -0.391 e. The summed E-state index contributed by atoms with van der Waals surface area (Å²) in [4.78, 5) is 4.29. The minimum atomic E-state index is -0.308. The predicted molar refractivity (Wildman–Crippen MR) is 67.3 cm³/mol. The van der Waals surface area contributed by atoms with Crippen LogP contribution in [0.25, 0.3) is 5.65 Å². The molecule has 2 aromatic rings. The highest BCUT2D eigenvalue weighted by Gasteiger charge is 2.22. The number of aliphatic hydroxyl groups is 1. The Hall–Kier alpha value is -1.69. The Bertz CT molecular complexity index is 526. The molecule has 0 aliphatic heterocycles. The van der Waals surface area contributed by atoms with Crippen molar-refractivity contribution < 1.29 is 5.11 Å². The Kier molecular flexibility index (Phi) is 3.10. The Morgan fingerprint density at radius 1 is 1.28 bits per heavy atom. The maximum Gasteiger partial charge on any atom is 0.203 e. The molecule has 18 heavy (non-hydrogen) atoms. The molecule has 6 nitrogen and oxygen atoms in total. The van der Waals surface area contributed by atoms with E-state index in [1.54, 1.807) is 12.5 Å². The molecule has 1 aliphatic carbocycles.